The predicted octanol–water partition coefficient (Wildman–Crippen LogP) is 0.687. The highest BCUT2D eigenvalue weighted by Crippen LogP contribution is 2.35. The predicted molar refractivity (Wildman–Crippen MR) is 92.9 cm³/mol. The summed E-state index contributed by atoms with van der Waals surface area (Å²) in [5, 5.41) is 1.55. The Bertz CT molecular complexity index is 777. The third-order valence-corrected chi connectivity index (χ3v) is 4.53. The molecule has 6 heteroatoms. The van der Waals surface area contributed by atoms with Gasteiger partial charge in [0.15, 0.2) is 0 Å². The zero-order chi connectivity index (χ0) is 18.8. The number of hydrogen-bond acceptors (Lipinski definition) is 4. The van der Waals surface area contributed by atoms with Gasteiger partial charge in [0.25, 0.3) is 11.4 Å². The molecular formula is C19H23N2O4+. The van der Waals surface area contributed by atoms with E-state index >= 15 is 0 Å². The fourth-order valence-corrected chi connectivity index (χ4v) is 3.32. The van der Waals surface area contributed by atoms with Gasteiger partial charge in [0.2, 0.25) is 5.78 Å². The van der Waals surface area contributed by atoms with Crippen LogP contribution in [0, 0.1) is 0 Å². The summed E-state index contributed by atoms with van der Waals surface area (Å²) in [6.07, 6.45) is 0. The van der Waals surface area contributed by atoms with Crippen LogP contribution in [0.2, 0.25) is 0 Å². The van der Waals surface area contributed by atoms with Crippen LogP contribution in [0.5, 0.6) is 0 Å². The van der Waals surface area contributed by atoms with E-state index in [-0.39, 0.29) is 12.2 Å². The lowest BCUT2D eigenvalue weighted by Gasteiger charge is -2.33. The van der Waals surface area contributed by atoms with Crippen LogP contribution in [0.1, 0.15) is 33.3 Å². The Labute approximate surface area is 146 Å². The van der Waals surface area contributed by atoms with Crippen LogP contribution in [0.3, 0.4) is 0 Å². The molecule has 0 unspecified atom stereocenters. The average Bonchev–Trinajstić information content (AvgIpc) is 2.56. The van der Waals surface area contributed by atoms with Crippen LogP contribution >= 0.6 is 0 Å². The number of primary amides is 1. The molecule has 0 bridgehead atoms. The van der Waals surface area contributed by atoms with Gasteiger partial charge in [-0.15, -0.1) is 0 Å². The number of ether oxygens (including phenoxy) is 1. The standard InChI is InChI=1S/C19H22N2O4/c1-5-25-17(23)15-11(2)19(13(4)22,18(20)24)21-12(3)16(15)14-9-7-6-8-10-14/h6-10,21H,5H2,1-4H3,(H2,20,24)/p+1/t19-/m1/s1. The summed E-state index contributed by atoms with van der Waals surface area (Å²) in [6.45, 7) is 6.53. The molecule has 1 atom stereocenters. The highest BCUT2D eigenvalue weighted by Gasteiger charge is 2.53. The number of carbonyl (C=O) groups excluding carboxylic acids is 3. The van der Waals surface area contributed by atoms with E-state index in [2.05, 4.69) is 0 Å². The molecule has 0 fully saturated rings. The van der Waals surface area contributed by atoms with Crippen LogP contribution in [-0.2, 0) is 19.1 Å². The molecule has 1 aliphatic rings. The van der Waals surface area contributed by atoms with Gasteiger partial charge in [-0.25, -0.2) is 4.79 Å². The lowest BCUT2D eigenvalue weighted by atomic mass is 9.76. The number of nitrogens with two attached hydrogens (primary N) is 2. The second-order valence-electron chi connectivity index (χ2n) is 6.02. The van der Waals surface area contributed by atoms with Crippen molar-refractivity contribution >= 4 is 23.2 Å². The largest absolute Gasteiger partial charge is 0.462 e. The van der Waals surface area contributed by atoms with Crippen molar-refractivity contribution in [1.29, 1.82) is 0 Å². The van der Waals surface area contributed by atoms with E-state index in [1.165, 1.54) is 6.92 Å². The Balaban J connectivity index is 2.81. The number of amides is 1. The SMILES string of the molecule is CCOC(=O)C1=C(C)[C@@](C(C)=O)(C(N)=O)[NH2+]C(C)=C1c1ccccc1. The number of Topliss-reactive ketones (excluding diaryl/α,β-unsaturated/α-hetero) is 1. The minimum Gasteiger partial charge on any atom is -0.462 e. The maximum atomic E-state index is 12.7. The van der Waals surface area contributed by atoms with Crippen molar-refractivity contribution in [2.75, 3.05) is 6.61 Å². The van der Waals surface area contributed by atoms with Gasteiger partial charge in [-0.2, -0.15) is 0 Å². The van der Waals surface area contributed by atoms with Crippen molar-refractivity contribution in [2.24, 2.45) is 5.73 Å². The van der Waals surface area contributed by atoms with Crippen LogP contribution in [0.15, 0.2) is 47.2 Å². The summed E-state index contributed by atoms with van der Waals surface area (Å²) in [6, 6.07) is 9.31. The Morgan fingerprint density at radius 3 is 2.24 bits per heavy atom. The molecule has 132 valence electrons. The molecule has 1 heterocycles. The van der Waals surface area contributed by atoms with E-state index in [1.54, 1.807) is 26.1 Å². The summed E-state index contributed by atoms with van der Waals surface area (Å²) in [4.78, 5) is 37.2. The van der Waals surface area contributed by atoms with Crippen LogP contribution in [0.4, 0.5) is 0 Å². The lowest BCUT2D eigenvalue weighted by Crippen LogP contribution is -3.01. The van der Waals surface area contributed by atoms with Gasteiger partial charge in [-0.05, 0) is 19.4 Å². The zero-order valence-corrected chi connectivity index (χ0v) is 14.9. The summed E-state index contributed by atoms with van der Waals surface area (Å²) in [5.41, 5.74) is 6.55. The summed E-state index contributed by atoms with van der Waals surface area (Å²) >= 11 is 0. The van der Waals surface area contributed by atoms with E-state index in [0.29, 0.717) is 16.8 Å². The van der Waals surface area contributed by atoms with Gasteiger partial charge in [0.1, 0.15) is 5.70 Å². The first-order valence-corrected chi connectivity index (χ1v) is 8.09. The molecule has 0 radical (unpaired) electrons. The van der Waals surface area contributed by atoms with Gasteiger partial charge >= 0.3 is 5.97 Å². The van der Waals surface area contributed by atoms with Gasteiger partial charge in [0, 0.05) is 19.4 Å². The zero-order valence-electron chi connectivity index (χ0n) is 14.9. The smallest absolute Gasteiger partial charge is 0.339 e. The second-order valence-corrected chi connectivity index (χ2v) is 6.02. The number of ketones is 1. The number of esters is 1. The lowest BCUT2D eigenvalue weighted by molar-refractivity contribution is -0.645. The summed E-state index contributed by atoms with van der Waals surface area (Å²) in [5.74, 6) is -1.80. The van der Waals surface area contributed by atoms with Crippen LogP contribution in [-0.4, -0.2) is 29.8 Å². The van der Waals surface area contributed by atoms with E-state index in [9.17, 15) is 14.4 Å². The maximum Gasteiger partial charge on any atom is 0.339 e. The Morgan fingerprint density at radius 2 is 1.76 bits per heavy atom. The number of carbonyl (C=O) groups is 3. The van der Waals surface area contributed by atoms with E-state index in [0.717, 1.165) is 5.56 Å². The van der Waals surface area contributed by atoms with Crippen molar-refractivity contribution in [3.8, 4) is 0 Å². The maximum absolute atomic E-state index is 12.7. The van der Waals surface area contributed by atoms with Crippen LogP contribution in [0.25, 0.3) is 5.57 Å². The Hall–Kier alpha value is -2.73. The average molecular weight is 343 g/mol. The molecule has 1 amide bonds. The first-order chi connectivity index (χ1) is 11.8. The van der Waals surface area contributed by atoms with Crippen molar-refractivity contribution < 1.29 is 24.4 Å². The molecule has 0 aliphatic carbocycles. The quantitative estimate of drug-likeness (QED) is 0.606. The summed E-state index contributed by atoms with van der Waals surface area (Å²) < 4.78 is 5.20. The van der Waals surface area contributed by atoms with Crippen molar-refractivity contribution in [3.05, 3.63) is 52.7 Å². The third kappa shape index (κ3) is 3.00. The second kappa shape index (κ2) is 7.03. The highest BCUT2D eigenvalue weighted by molar-refractivity contribution is 6.16. The number of allylic oxidation sites excluding steroid dienone is 1. The van der Waals surface area contributed by atoms with E-state index in [4.69, 9.17) is 10.5 Å². The number of quaternary nitrogens is 1. The Morgan fingerprint density at radius 1 is 1.16 bits per heavy atom. The van der Waals surface area contributed by atoms with Gasteiger partial charge in [-0.1, -0.05) is 30.3 Å². The first-order valence-electron chi connectivity index (χ1n) is 8.09. The van der Waals surface area contributed by atoms with Crippen molar-refractivity contribution in [1.82, 2.24) is 0 Å². The van der Waals surface area contributed by atoms with E-state index in [1.807, 2.05) is 30.3 Å². The molecule has 2 rings (SSSR count). The minimum atomic E-state index is -1.63. The van der Waals surface area contributed by atoms with Crippen molar-refractivity contribution in [3.63, 3.8) is 0 Å². The van der Waals surface area contributed by atoms with Crippen LogP contribution < -0.4 is 11.1 Å². The number of hydrogen-bond donors (Lipinski definition) is 2. The third-order valence-electron chi connectivity index (χ3n) is 4.53. The number of benzene rings is 1. The number of rotatable bonds is 5. The minimum absolute atomic E-state index is 0.185. The molecule has 0 saturated heterocycles. The topological polar surface area (TPSA) is 103 Å². The molecular weight excluding hydrogens is 320 g/mol. The highest BCUT2D eigenvalue weighted by atomic mass is 16.5. The molecule has 0 spiro atoms. The molecule has 1 aromatic rings. The monoisotopic (exact) mass is 343 g/mol. The molecule has 0 saturated carbocycles. The van der Waals surface area contributed by atoms with E-state index < -0.39 is 23.2 Å². The summed E-state index contributed by atoms with van der Waals surface area (Å²) in [7, 11) is 0. The molecule has 4 N–H and O–H groups in total. The van der Waals surface area contributed by atoms with Gasteiger partial charge in [-0.3, -0.25) is 14.9 Å². The molecule has 6 nitrogen and oxygen atoms in total. The van der Waals surface area contributed by atoms with Gasteiger partial charge in [0.05, 0.1) is 17.8 Å². The fraction of sp³-hybridized carbons (Fsp3) is 0.316. The molecule has 0 aromatic heterocycles. The Kier molecular flexibility index (Phi) is 5.23. The molecule has 1 aromatic carbocycles. The fourth-order valence-electron chi connectivity index (χ4n) is 3.32. The van der Waals surface area contributed by atoms with Gasteiger partial charge < -0.3 is 10.5 Å². The molecule has 1 aliphatic heterocycles. The van der Waals surface area contributed by atoms with Crippen molar-refractivity contribution in [2.45, 2.75) is 33.2 Å². The first kappa shape index (κ1) is 18.6. The molecule has 25 heavy (non-hydrogen) atoms. The normalized spacial score (nSPS) is 20.5.